The number of carbonyl (C=O) groups excluding carboxylic acids is 1. The zero-order chi connectivity index (χ0) is 14.7. The zero-order valence-electron chi connectivity index (χ0n) is 10.4. The first-order chi connectivity index (χ1) is 9.58. The molecule has 20 heavy (non-hydrogen) atoms. The lowest BCUT2D eigenvalue weighted by molar-refractivity contribution is 0.0697. The maximum absolute atomic E-state index is 11.7. The van der Waals surface area contributed by atoms with Gasteiger partial charge >= 0.3 is 5.97 Å². The third kappa shape index (κ3) is 2.28. The van der Waals surface area contributed by atoms with Crippen LogP contribution >= 0.6 is 0 Å². The van der Waals surface area contributed by atoms with Gasteiger partial charge in [0.05, 0.1) is 18.4 Å². The third-order valence-corrected chi connectivity index (χ3v) is 2.68. The summed E-state index contributed by atoms with van der Waals surface area (Å²) >= 11 is 0. The van der Waals surface area contributed by atoms with Crippen LogP contribution in [-0.2, 0) is 0 Å². The number of carboxylic acids is 1. The van der Waals surface area contributed by atoms with Crippen LogP contribution in [0.25, 0.3) is 11.3 Å². The topological polar surface area (TPSA) is 109 Å². The first kappa shape index (κ1) is 13.5. The molecule has 1 aromatic carbocycles. The second kappa shape index (κ2) is 5.35. The number of carbonyl (C=O) groups is 2. The summed E-state index contributed by atoms with van der Waals surface area (Å²) in [4.78, 5) is 34.0. The van der Waals surface area contributed by atoms with Crippen molar-refractivity contribution in [3.63, 3.8) is 0 Å². The van der Waals surface area contributed by atoms with Crippen molar-refractivity contribution in [2.24, 2.45) is 0 Å². The van der Waals surface area contributed by atoms with Crippen LogP contribution in [0.3, 0.4) is 0 Å². The second-order valence-electron chi connectivity index (χ2n) is 3.85. The quantitative estimate of drug-likeness (QED) is 0.803. The molecular weight excluding hydrogens is 264 g/mol. The lowest BCUT2D eigenvalue weighted by Crippen LogP contribution is -2.11. The summed E-state index contributed by atoms with van der Waals surface area (Å²) in [7, 11) is 1.29. The number of aromatic nitrogens is 2. The normalized spacial score (nSPS) is 10.1. The molecule has 102 valence electrons. The number of benzene rings is 1. The molecule has 0 bridgehead atoms. The van der Waals surface area contributed by atoms with Crippen molar-refractivity contribution in [1.82, 2.24) is 10.2 Å². The monoisotopic (exact) mass is 274 g/mol. The summed E-state index contributed by atoms with van der Waals surface area (Å²) < 4.78 is 4.73. The summed E-state index contributed by atoms with van der Waals surface area (Å²) in [5.41, 5.74) is -0.221. The zero-order valence-corrected chi connectivity index (χ0v) is 10.4. The Balaban J connectivity index is 2.74. The summed E-state index contributed by atoms with van der Waals surface area (Å²) in [6, 6.07) is 5.39. The molecule has 0 saturated heterocycles. The fourth-order valence-electron chi connectivity index (χ4n) is 1.81. The standard InChI is InChI=1S/C13H10N2O5/c1-20-12-10(17)5-9(14-15-12)11-7(6-16)3-2-4-8(11)13(18)19/h2-6H,1H3,(H,14,17)(H,18,19). The van der Waals surface area contributed by atoms with E-state index >= 15 is 0 Å². The number of nitrogens with zero attached hydrogens (tertiary/aromatic N) is 1. The molecule has 0 aliphatic heterocycles. The molecule has 1 heterocycles. The molecule has 0 atom stereocenters. The van der Waals surface area contributed by atoms with E-state index in [1.54, 1.807) is 0 Å². The van der Waals surface area contributed by atoms with Crippen molar-refractivity contribution in [1.29, 1.82) is 0 Å². The van der Waals surface area contributed by atoms with Gasteiger partial charge in [0.25, 0.3) is 5.88 Å². The summed E-state index contributed by atoms with van der Waals surface area (Å²) in [5.74, 6) is -1.35. The van der Waals surface area contributed by atoms with Crippen LogP contribution in [-0.4, -0.2) is 34.7 Å². The number of carboxylic acid groups (broad SMARTS) is 1. The number of hydrogen-bond acceptors (Lipinski definition) is 5. The van der Waals surface area contributed by atoms with E-state index in [1.165, 1.54) is 25.3 Å². The summed E-state index contributed by atoms with van der Waals surface area (Å²) in [6.45, 7) is 0. The lowest BCUT2D eigenvalue weighted by Gasteiger charge is -2.09. The van der Waals surface area contributed by atoms with E-state index in [1.807, 2.05) is 0 Å². The molecular formula is C13H10N2O5. The molecule has 0 amide bonds. The SMILES string of the molecule is COc1n[nH]c(-c2c(C=O)cccc2C(=O)O)cc1=O. The number of aldehydes is 1. The van der Waals surface area contributed by atoms with E-state index in [2.05, 4.69) is 10.2 Å². The second-order valence-corrected chi connectivity index (χ2v) is 3.85. The smallest absolute Gasteiger partial charge is 0.336 e. The highest BCUT2D eigenvalue weighted by Gasteiger charge is 2.17. The van der Waals surface area contributed by atoms with Gasteiger partial charge in [-0.15, -0.1) is 5.10 Å². The molecule has 0 aliphatic rings. The van der Waals surface area contributed by atoms with Gasteiger partial charge in [0.2, 0.25) is 5.43 Å². The van der Waals surface area contributed by atoms with Gasteiger partial charge in [-0.05, 0) is 6.07 Å². The van der Waals surface area contributed by atoms with Crippen molar-refractivity contribution >= 4 is 12.3 Å². The molecule has 2 rings (SSSR count). The number of H-pyrrole nitrogens is 1. The molecule has 2 aromatic rings. The Labute approximate surface area is 112 Å². The number of aromatic amines is 1. The van der Waals surface area contributed by atoms with E-state index in [-0.39, 0.29) is 28.3 Å². The highest BCUT2D eigenvalue weighted by Crippen LogP contribution is 2.24. The largest absolute Gasteiger partial charge is 0.478 e. The first-order valence-corrected chi connectivity index (χ1v) is 5.54. The Morgan fingerprint density at radius 1 is 1.45 bits per heavy atom. The molecule has 0 spiro atoms. The van der Waals surface area contributed by atoms with Crippen LogP contribution in [0.5, 0.6) is 5.88 Å². The minimum absolute atomic E-state index is 0.0998. The van der Waals surface area contributed by atoms with Crippen LogP contribution in [0.15, 0.2) is 29.1 Å². The molecule has 0 radical (unpaired) electrons. The Morgan fingerprint density at radius 2 is 2.20 bits per heavy atom. The van der Waals surface area contributed by atoms with Crippen molar-refractivity contribution in [2.45, 2.75) is 0 Å². The molecule has 0 fully saturated rings. The number of nitrogens with one attached hydrogen (secondary N) is 1. The van der Waals surface area contributed by atoms with Gasteiger partial charge in [-0.25, -0.2) is 4.79 Å². The van der Waals surface area contributed by atoms with Crippen LogP contribution in [0, 0.1) is 0 Å². The van der Waals surface area contributed by atoms with Crippen LogP contribution < -0.4 is 10.2 Å². The number of hydrogen-bond donors (Lipinski definition) is 2. The third-order valence-electron chi connectivity index (χ3n) is 2.68. The Morgan fingerprint density at radius 3 is 2.75 bits per heavy atom. The van der Waals surface area contributed by atoms with Crippen molar-refractivity contribution in [3.8, 4) is 17.1 Å². The van der Waals surface area contributed by atoms with Crippen molar-refractivity contribution < 1.29 is 19.4 Å². The maximum Gasteiger partial charge on any atom is 0.336 e. The summed E-state index contributed by atoms with van der Waals surface area (Å²) in [5, 5.41) is 15.4. The molecule has 1 aromatic heterocycles. The highest BCUT2D eigenvalue weighted by molar-refractivity contribution is 6.01. The van der Waals surface area contributed by atoms with Gasteiger partial charge in [-0.3, -0.25) is 14.7 Å². The first-order valence-electron chi connectivity index (χ1n) is 5.54. The van der Waals surface area contributed by atoms with Crippen LogP contribution in [0.4, 0.5) is 0 Å². The predicted molar refractivity (Wildman–Crippen MR) is 69.2 cm³/mol. The molecule has 0 aliphatic carbocycles. The average Bonchev–Trinajstić information content (AvgIpc) is 2.46. The fourth-order valence-corrected chi connectivity index (χ4v) is 1.81. The van der Waals surface area contributed by atoms with E-state index in [4.69, 9.17) is 9.84 Å². The minimum atomic E-state index is -1.21. The van der Waals surface area contributed by atoms with Gasteiger partial charge in [0.15, 0.2) is 6.29 Å². The van der Waals surface area contributed by atoms with Crippen molar-refractivity contribution in [2.75, 3.05) is 7.11 Å². The molecule has 0 saturated carbocycles. The number of methoxy groups -OCH3 is 1. The Bertz CT molecular complexity index is 736. The Hall–Kier alpha value is -2.96. The van der Waals surface area contributed by atoms with Crippen LogP contribution in [0.1, 0.15) is 20.7 Å². The average molecular weight is 274 g/mol. The number of rotatable bonds is 4. The summed E-state index contributed by atoms with van der Waals surface area (Å²) in [6.07, 6.45) is 0.518. The van der Waals surface area contributed by atoms with Gasteiger partial charge in [-0.2, -0.15) is 0 Å². The van der Waals surface area contributed by atoms with Crippen LogP contribution in [0.2, 0.25) is 0 Å². The molecule has 0 unspecified atom stereocenters. The van der Waals surface area contributed by atoms with Gasteiger partial charge in [-0.1, -0.05) is 12.1 Å². The maximum atomic E-state index is 11.7. The van der Waals surface area contributed by atoms with Crippen molar-refractivity contribution in [3.05, 3.63) is 45.6 Å². The molecule has 7 heteroatoms. The van der Waals surface area contributed by atoms with Gasteiger partial charge < -0.3 is 9.84 Å². The highest BCUT2D eigenvalue weighted by atomic mass is 16.5. The fraction of sp³-hybridized carbons (Fsp3) is 0.0769. The van der Waals surface area contributed by atoms with E-state index in [0.29, 0.717) is 6.29 Å². The minimum Gasteiger partial charge on any atom is -0.478 e. The Kier molecular flexibility index (Phi) is 3.60. The number of ether oxygens (including phenoxy) is 1. The van der Waals surface area contributed by atoms with E-state index in [0.717, 1.165) is 6.07 Å². The number of aromatic carboxylic acids is 1. The molecule has 7 nitrogen and oxygen atoms in total. The van der Waals surface area contributed by atoms with Gasteiger partial charge in [0.1, 0.15) is 0 Å². The molecule has 2 N–H and O–H groups in total. The van der Waals surface area contributed by atoms with E-state index in [9.17, 15) is 14.4 Å². The lowest BCUT2D eigenvalue weighted by atomic mass is 9.98. The van der Waals surface area contributed by atoms with E-state index < -0.39 is 11.4 Å². The predicted octanol–water partition coefficient (Wildman–Crippen LogP) is 0.956. The van der Waals surface area contributed by atoms with Gasteiger partial charge in [0, 0.05) is 17.2 Å².